The lowest BCUT2D eigenvalue weighted by molar-refractivity contribution is 0.449. The molecule has 1 aromatic rings. The Labute approximate surface area is 90.0 Å². The fraction of sp³-hybridized carbons (Fsp3) is 0.333. The van der Waals surface area contributed by atoms with Crippen molar-refractivity contribution in [2.45, 2.75) is 13.3 Å². The predicted octanol–water partition coefficient (Wildman–Crippen LogP) is 3.41. The smallest absolute Gasteiger partial charge is 0.0406 e. The van der Waals surface area contributed by atoms with Crippen LogP contribution in [0.1, 0.15) is 18.9 Å². The summed E-state index contributed by atoms with van der Waals surface area (Å²) in [4.78, 5) is 2.39. The van der Waals surface area contributed by atoms with E-state index >= 15 is 0 Å². The molecular formula is C12H14ClN. The van der Waals surface area contributed by atoms with Crippen LogP contribution in [-0.4, -0.2) is 18.0 Å². The van der Waals surface area contributed by atoms with Gasteiger partial charge in [-0.15, -0.1) is 0 Å². The van der Waals surface area contributed by atoms with Crippen molar-refractivity contribution in [1.29, 1.82) is 0 Å². The zero-order valence-corrected chi connectivity index (χ0v) is 9.09. The maximum absolute atomic E-state index is 5.86. The lowest BCUT2D eigenvalue weighted by Gasteiger charge is -2.20. The van der Waals surface area contributed by atoms with Crippen LogP contribution < -0.4 is 0 Å². The molecule has 1 aliphatic rings. The van der Waals surface area contributed by atoms with E-state index < -0.39 is 0 Å². The van der Waals surface area contributed by atoms with Crippen LogP contribution in [0.2, 0.25) is 5.02 Å². The molecule has 0 spiro atoms. The quantitative estimate of drug-likeness (QED) is 0.719. The van der Waals surface area contributed by atoms with E-state index in [4.69, 9.17) is 11.6 Å². The molecule has 0 saturated carbocycles. The van der Waals surface area contributed by atoms with E-state index in [1.165, 1.54) is 11.3 Å². The molecule has 2 rings (SSSR count). The third kappa shape index (κ3) is 1.78. The Morgan fingerprint density at radius 3 is 2.64 bits per heavy atom. The van der Waals surface area contributed by atoms with Crippen molar-refractivity contribution < 1.29 is 0 Å². The first-order valence-corrected chi connectivity index (χ1v) is 5.40. The van der Waals surface area contributed by atoms with E-state index in [9.17, 15) is 0 Å². The van der Waals surface area contributed by atoms with E-state index in [-0.39, 0.29) is 0 Å². The fourth-order valence-electron chi connectivity index (χ4n) is 1.86. The van der Waals surface area contributed by atoms with Crippen LogP contribution in [0.15, 0.2) is 30.3 Å². The molecule has 1 aromatic carbocycles. The van der Waals surface area contributed by atoms with E-state index in [0.29, 0.717) is 0 Å². The molecule has 1 nitrogen and oxygen atoms in total. The Bertz CT molecular complexity index is 340. The molecule has 0 amide bonds. The van der Waals surface area contributed by atoms with Crippen LogP contribution in [-0.2, 0) is 0 Å². The molecule has 14 heavy (non-hydrogen) atoms. The van der Waals surface area contributed by atoms with Crippen LogP contribution >= 0.6 is 11.6 Å². The molecule has 0 radical (unpaired) electrons. The van der Waals surface area contributed by atoms with Crippen LogP contribution in [0.25, 0.3) is 5.70 Å². The summed E-state index contributed by atoms with van der Waals surface area (Å²) in [6, 6.07) is 8.07. The van der Waals surface area contributed by atoms with Crippen molar-refractivity contribution in [1.82, 2.24) is 4.90 Å². The van der Waals surface area contributed by atoms with E-state index in [2.05, 4.69) is 30.0 Å². The Balaban J connectivity index is 2.26. The molecule has 0 bridgehead atoms. The van der Waals surface area contributed by atoms with Gasteiger partial charge in [-0.1, -0.05) is 29.8 Å². The van der Waals surface area contributed by atoms with Crippen LogP contribution in [0, 0.1) is 0 Å². The van der Waals surface area contributed by atoms with E-state index in [1.54, 1.807) is 0 Å². The summed E-state index contributed by atoms with van der Waals surface area (Å²) in [5, 5.41) is 0.801. The molecular weight excluding hydrogens is 194 g/mol. The van der Waals surface area contributed by atoms with Gasteiger partial charge >= 0.3 is 0 Å². The summed E-state index contributed by atoms with van der Waals surface area (Å²) in [7, 11) is 0. The Morgan fingerprint density at radius 2 is 2.00 bits per heavy atom. The zero-order valence-electron chi connectivity index (χ0n) is 8.33. The lowest BCUT2D eigenvalue weighted by Crippen LogP contribution is -2.17. The highest BCUT2D eigenvalue weighted by Gasteiger charge is 2.14. The van der Waals surface area contributed by atoms with Crippen molar-refractivity contribution in [3.05, 3.63) is 40.9 Å². The standard InChI is InChI=1S/C12H14ClN/c1-2-14-9-3-4-12(14)10-5-7-11(13)8-6-10/h4-8H,2-3,9H2,1H3. The third-order valence-electron chi connectivity index (χ3n) is 2.60. The van der Waals surface area contributed by atoms with Crippen LogP contribution in [0.5, 0.6) is 0 Å². The number of hydrogen-bond acceptors (Lipinski definition) is 1. The first-order valence-electron chi connectivity index (χ1n) is 5.02. The van der Waals surface area contributed by atoms with Crippen molar-refractivity contribution >= 4 is 17.3 Å². The number of halogens is 1. The maximum Gasteiger partial charge on any atom is 0.0406 e. The molecule has 0 unspecified atom stereocenters. The SMILES string of the molecule is CCN1CCC=C1c1ccc(Cl)cc1. The average molecular weight is 208 g/mol. The van der Waals surface area contributed by atoms with E-state index in [1.807, 2.05) is 12.1 Å². The number of rotatable bonds is 2. The molecule has 1 heterocycles. The summed E-state index contributed by atoms with van der Waals surface area (Å²) < 4.78 is 0. The van der Waals surface area contributed by atoms with Gasteiger partial charge in [-0.25, -0.2) is 0 Å². The first kappa shape index (κ1) is 9.60. The van der Waals surface area contributed by atoms with Crippen molar-refractivity contribution in [2.24, 2.45) is 0 Å². The van der Waals surface area contributed by atoms with Gasteiger partial charge in [0.15, 0.2) is 0 Å². The highest BCUT2D eigenvalue weighted by molar-refractivity contribution is 6.30. The molecule has 0 aliphatic carbocycles. The summed E-state index contributed by atoms with van der Waals surface area (Å²) in [6.07, 6.45) is 3.46. The van der Waals surface area contributed by atoms with Gasteiger partial charge < -0.3 is 4.90 Å². The molecule has 0 aromatic heterocycles. The first-order chi connectivity index (χ1) is 6.81. The molecule has 0 saturated heterocycles. The largest absolute Gasteiger partial charge is 0.371 e. The van der Waals surface area contributed by atoms with Gasteiger partial charge in [0, 0.05) is 23.8 Å². The molecule has 1 aliphatic heterocycles. The van der Waals surface area contributed by atoms with Gasteiger partial charge in [-0.3, -0.25) is 0 Å². The molecule has 74 valence electrons. The third-order valence-corrected chi connectivity index (χ3v) is 2.85. The summed E-state index contributed by atoms with van der Waals surface area (Å²) >= 11 is 5.86. The van der Waals surface area contributed by atoms with E-state index in [0.717, 1.165) is 24.5 Å². The predicted molar refractivity (Wildman–Crippen MR) is 61.3 cm³/mol. The van der Waals surface area contributed by atoms with Crippen molar-refractivity contribution in [3.63, 3.8) is 0 Å². The van der Waals surface area contributed by atoms with Gasteiger partial charge in [0.25, 0.3) is 0 Å². The summed E-state index contributed by atoms with van der Waals surface area (Å²) in [5.74, 6) is 0. The van der Waals surface area contributed by atoms with Gasteiger partial charge in [-0.2, -0.15) is 0 Å². The average Bonchev–Trinajstić information content (AvgIpc) is 2.67. The molecule has 2 heteroatoms. The maximum atomic E-state index is 5.86. The van der Waals surface area contributed by atoms with Crippen molar-refractivity contribution in [2.75, 3.05) is 13.1 Å². The van der Waals surface area contributed by atoms with Crippen molar-refractivity contribution in [3.8, 4) is 0 Å². The topological polar surface area (TPSA) is 3.24 Å². The van der Waals surface area contributed by atoms with Gasteiger partial charge in [0.1, 0.15) is 0 Å². The normalized spacial score (nSPS) is 15.9. The second-order valence-electron chi connectivity index (χ2n) is 3.46. The molecule has 0 atom stereocenters. The number of nitrogens with zero attached hydrogens (tertiary/aromatic N) is 1. The molecule has 0 fully saturated rings. The van der Waals surface area contributed by atoms with Gasteiger partial charge in [0.2, 0.25) is 0 Å². The van der Waals surface area contributed by atoms with Gasteiger partial charge in [-0.05, 0) is 31.0 Å². The number of hydrogen-bond donors (Lipinski definition) is 0. The minimum atomic E-state index is 0.801. The number of benzene rings is 1. The highest BCUT2D eigenvalue weighted by Crippen LogP contribution is 2.25. The molecule has 0 N–H and O–H groups in total. The van der Waals surface area contributed by atoms with Crippen LogP contribution in [0.3, 0.4) is 0 Å². The second kappa shape index (κ2) is 4.05. The zero-order chi connectivity index (χ0) is 9.97. The summed E-state index contributed by atoms with van der Waals surface area (Å²) in [5.41, 5.74) is 2.62. The minimum Gasteiger partial charge on any atom is -0.371 e. The van der Waals surface area contributed by atoms with Gasteiger partial charge in [0.05, 0.1) is 0 Å². The second-order valence-corrected chi connectivity index (χ2v) is 3.90. The Kier molecular flexibility index (Phi) is 2.78. The highest BCUT2D eigenvalue weighted by atomic mass is 35.5. The lowest BCUT2D eigenvalue weighted by atomic mass is 10.1. The Hall–Kier alpha value is -0.950. The monoisotopic (exact) mass is 207 g/mol. The van der Waals surface area contributed by atoms with Crippen LogP contribution in [0.4, 0.5) is 0 Å². The minimum absolute atomic E-state index is 0.801. The Morgan fingerprint density at radius 1 is 1.29 bits per heavy atom. The fourth-order valence-corrected chi connectivity index (χ4v) is 1.98. The summed E-state index contributed by atoms with van der Waals surface area (Å²) in [6.45, 7) is 4.41.